The molecule has 2 aromatic carbocycles. The molecule has 0 spiro atoms. The average Bonchev–Trinajstić information content (AvgIpc) is 2.64. The summed E-state index contributed by atoms with van der Waals surface area (Å²) in [6, 6.07) is 11.6. The molecule has 0 aromatic heterocycles. The molecule has 0 fully saturated rings. The molecule has 2 rings (SSSR count). The van der Waals surface area contributed by atoms with Crippen molar-refractivity contribution in [2.75, 3.05) is 18.1 Å². The predicted octanol–water partition coefficient (Wildman–Crippen LogP) is 4.56. The van der Waals surface area contributed by atoms with Crippen molar-refractivity contribution in [1.29, 1.82) is 0 Å². The van der Waals surface area contributed by atoms with Gasteiger partial charge in [-0.1, -0.05) is 42.5 Å². The number of alkyl halides is 6. The Labute approximate surface area is 157 Å². The summed E-state index contributed by atoms with van der Waals surface area (Å²) in [5.74, 6) is 0. The van der Waals surface area contributed by atoms with Crippen LogP contribution in [0.15, 0.2) is 54.6 Å². The van der Waals surface area contributed by atoms with Crippen molar-refractivity contribution in [2.45, 2.75) is 30.9 Å². The van der Waals surface area contributed by atoms with Crippen molar-refractivity contribution in [3.63, 3.8) is 0 Å². The Hall–Kier alpha value is -2.26. The van der Waals surface area contributed by atoms with Crippen LogP contribution in [0.3, 0.4) is 0 Å². The molecule has 1 atom stereocenters. The summed E-state index contributed by atoms with van der Waals surface area (Å²) in [6.45, 7) is 1.76. The third-order valence-electron chi connectivity index (χ3n) is 4.51. The van der Waals surface area contributed by atoms with Gasteiger partial charge in [0.25, 0.3) is 5.60 Å². The number of halogens is 6. The van der Waals surface area contributed by atoms with Crippen LogP contribution in [-0.4, -0.2) is 35.7 Å². The number of aliphatic hydroxyl groups excluding tert-OH is 1. The summed E-state index contributed by atoms with van der Waals surface area (Å²) in [4.78, 5) is 1.64. The van der Waals surface area contributed by atoms with E-state index in [4.69, 9.17) is 0 Å². The molecular weight excluding hydrogens is 388 g/mol. The fourth-order valence-electron chi connectivity index (χ4n) is 3.02. The second-order valence-corrected chi connectivity index (χ2v) is 6.15. The van der Waals surface area contributed by atoms with Gasteiger partial charge in [0.15, 0.2) is 0 Å². The van der Waals surface area contributed by atoms with Gasteiger partial charge >= 0.3 is 12.4 Å². The van der Waals surface area contributed by atoms with Crippen LogP contribution in [0.25, 0.3) is 0 Å². The molecule has 0 aliphatic carbocycles. The van der Waals surface area contributed by atoms with E-state index in [2.05, 4.69) is 0 Å². The van der Waals surface area contributed by atoms with Crippen molar-refractivity contribution in [1.82, 2.24) is 0 Å². The normalized spacial score (nSPS) is 14.0. The lowest BCUT2D eigenvalue weighted by Gasteiger charge is -2.34. The fraction of sp³-hybridized carbons (Fsp3) is 0.368. The Balaban J connectivity index is 2.44. The van der Waals surface area contributed by atoms with Crippen LogP contribution in [0.2, 0.25) is 0 Å². The number of hydrogen-bond acceptors (Lipinski definition) is 3. The molecule has 0 aliphatic rings. The zero-order valence-corrected chi connectivity index (χ0v) is 14.8. The van der Waals surface area contributed by atoms with Crippen LogP contribution in [-0.2, 0) is 5.60 Å². The number of nitrogens with zero attached hydrogens (tertiary/aromatic N) is 1. The standard InChI is InChI=1S/C19H19F6NO2/c1-2-26(16(12-27)13-6-4-3-5-7-13)15-10-8-14(9-11-15)17(28,18(20,21)22)19(23,24)25/h3-11,16,27-28H,2,12H2,1H3/t16-/m0/s1. The van der Waals surface area contributed by atoms with Gasteiger partial charge in [0.05, 0.1) is 12.6 Å². The highest BCUT2D eigenvalue weighted by Gasteiger charge is 2.71. The highest BCUT2D eigenvalue weighted by atomic mass is 19.4. The topological polar surface area (TPSA) is 43.7 Å². The van der Waals surface area contributed by atoms with Gasteiger partial charge in [-0.25, -0.2) is 0 Å². The first-order valence-electron chi connectivity index (χ1n) is 8.36. The average molecular weight is 407 g/mol. The summed E-state index contributed by atoms with van der Waals surface area (Å²) in [6.07, 6.45) is -11.9. The first kappa shape index (κ1) is 22.0. The van der Waals surface area contributed by atoms with Crippen molar-refractivity contribution in [3.8, 4) is 0 Å². The maximum Gasteiger partial charge on any atom is 0.430 e. The van der Waals surface area contributed by atoms with Crippen molar-refractivity contribution >= 4 is 5.69 Å². The van der Waals surface area contributed by atoms with E-state index in [0.717, 1.165) is 17.7 Å². The summed E-state index contributed by atoms with van der Waals surface area (Å²) in [7, 11) is 0. The molecule has 9 heteroatoms. The zero-order valence-electron chi connectivity index (χ0n) is 14.8. The van der Waals surface area contributed by atoms with Crippen LogP contribution in [0.4, 0.5) is 32.0 Å². The molecular formula is C19H19F6NO2. The molecule has 3 nitrogen and oxygen atoms in total. The van der Waals surface area contributed by atoms with E-state index in [-0.39, 0.29) is 6.61 Å². The van der Waals surface area contributed by atoms with Gasteiger partial charge in [-0.05, 0) is 24.6 Å². The van der Waals surface area contributed by atoms with Gasteiger partial charge in [-0.15, -0.1) is 0 Å². The minimum Gasteiger partial charge on any atom is -0.394 e. The van der Waals surface area contributed by atoms with Gasteiger partial charge in [-0.2, -0.15) is 26.3 Å². The number of anilines is 1. The largest absolute Gasteiger partial charge is 0.430 e. The summed E-state index contributed by atoms with van der Waals surface area (Å²) < 4.78 is 78.0. The molecule has 28 heavy (non-hydrogen) atoms. The summed E-state index contributed by atoms with van der Waals surface area (Å²) in [5.41, 5.74) is -5.25. The number of hydrogen-bond donors (Lipinski definition) is 2. The van der Waals surface area contributed by atoms with Gasteiger partial charge in [0.1, 0.15) is 0 Å². The molecule has 0 aliphatic heterocycles. The van der Waals surface area contributed by atoms with E-state index in [0.29, 0.717) is 24.4 Å². The molecule has 0 heterocycles. The molecule has 2 N–H and O–H groups in total. The maximum atomic E-state index is 13.0. The third-order valence-corrected chi connectivity index (χ3v) is 4.51. The molecule has 0 unspecified atom stereocenters. The molecule has 0 saturated carbocycles. The van der Waals surface area contributed by atoms with Crippen molar-refractivity contribution in [2.24, 2.45) is 0 Å². The summed E-state index contributed by atoms with van der Waals surface area (Å²) in [5, 5.41) is 19.2. The Morgan fingerprint density at radius 1 is 0.857 bits per heavy atom. The number of rotatable bonds is 6. The SMILES string of the molecule is CCN(c1ccc(C(O)(C(F)(F)F)C(F)(F)F)cc1)[C@@H](CO)c1ccccc1. The van der Waals surface area contributed by atoms with Crippen LogP contribution >= 0.6 is 0 Å². The second kappa shape index (κ2) is 8.00. The van der Waals surface area contributed by atoms with Gasteiger partial charge < -0.3 is 15.1 Å². The quantitative estimate of drug-likeness (QED) is 0.690. The van der Waals surface area contributed by atoms with E-state index < -0.39 is 29.6 Å². The van der Waals surface area contributed by atoms with Gasteiger partial charge in [0, 0.05) is 17.8 Å². The smallest absolute Gasteiger partial charge is 0.394 e. The lowest BCUT2D eigenvalue weighted by Crippen LogP contribution is -2.53. The fourth-order valence-corrected chi connectivity index (χ4v) is 3.02. The Bertz CT molecular complexity index is 745. The highest BCUT2D eigenvalue weighted by Crippen LogP contribution is 2.50. The van der Waals surface area contributed by atoms with Crippen LogP contribution in [0.1, 0.15) is 24.1 Å². The van der Waals surface area contributed by atoms with Gasteiger partial charge in [-0.3, -0.25) is 0 Å². The molecule has 0 saturated heterocycles. The molecule has 0 amide bonds. The number of likely N-dealkylation sites (N-methyl/N-ethyl adjacent to an activating group) is 1. The van der Waals surface area contributed by atoms with Crippen LogP contribution in [0.5, 0.6) is 0 Å². The second-order valence-electron chi connectivity index (χ2n) is 6.15. The first-order valence-corrected chi connectivity index (χ1v) is 8.36. The van der Waals surface area contributed by atoms with E-state index in [9.17, 15) is 36.6 Å². The van der Waals surface area contributed by atoms with Gasteiger partial charge in [0.2, 0.25) is 0 Å². The Morgan fingerprint density at radius 2 is 1.36 bits per heavy atom. The molecule has 2 aromatic rings. The molecule has 154 valence electrons. The Morgan fingerprint density at radius 3 is 1.75 bits per heavy atom. The molecule has 0 radical (unpaired) electrons. The lowest BCUT2D eigenvalue weighted by molar-refractivity contribution is -0.376. The lowest BCUT2D eigenvalue weighted by atomic mass is 9.92. The van der Waals surface area contributed by atoms with Crippen LogP contribution < -0.4 is 4.90 Å². The monoisotopic (exact) mass is 407 g/mol. The van der Waals surface area contributed by atoms with E-state index in [1.807, 2.05) is 0 Å². The number of benzene rings is 2. The highest BCUT2D eigenvalue weighted by molar-refractivity contribution is 5.51. The van der Waals surface area contributed by atoms with E-state index in [1.54, 1.807) is 42.2 Å². The third kappa shape index (κ3) is 3.95. The van der Waals surface area contributed by atoms with E-state index >= 15 is 0 Å². The van der Waals surface area contributed by atoms with E-state index in [1.165, 1.54) is 0 Å². The summed E-state index contributed by atoms with van der Waals surface area (Å²) >= 11 is 0. The minimum absolute atomic E-state index is 0.306. The first-order chi connectivity index (χ1) is 13.0. The Kier molecular flexibility index (Phi) is 6.30. The minimum atomic E-state index is -5.94. The van der Waals surface area contributed by atoms with Crippen LogP contribution in [0, 0.1) is 0 Å². The van der Waals surface area contributed by atoms with Crippen molar-refractivity contribution in [3.05, 3.63) is 65.7 Å². The maximum absolute atomic E-state index is 13.0. The molecule has 0 bridgehead atoms. The zero-order chi connectivity index (χ0) is 21.2. The predicted molar refractivity (Wildman–Crippen MR) is 91.7 cm³/mol. The van der Waals surface area contributed by atoms with Crippen molar-refractivity contribution < 1.29 is 36.6 Å². The number of aliphatic hydroxyl groups is 2.